The van der Waals surface area contributed by atoms with E-state index in [1.807, 2.05) is 24.2 Å². The maximum atomic E-state index is 12.2. The summed E-state index contributed by atoms with van der Waals surface area (Å²) in [5.74, 6) is -4.78. The molecule has 1 fully saturated rings. The molecule has 1 saturated heterocycles. The van der Waals surface area contributed by atoms with Gasteiger partial charge in [-0.1, -0.05) is 12.5 Å². The Kier molecular flexibility index (Phi) is 11.3. The van der Waals surface area contributed by atoms with Crippen LogP contribution in [0.15, 0.2) is 24.5 Å². The molecule has 0 aromatic carbocycles. The topological polar surface area (TPSA) is 177 Å². The summed E-state index contributed by atoms with van der Waals surface area (Å²) in [6.45, 7) is 1.78. The standard InChI is InChI=1S/C15H23N3O.C6H8O7/c1-18(15(19)14-8-2-3-10-17-14)11-5-7-13-6-4-9-16-12-13;7-3(8)1-6(13,5(11)12)2-4(9)10/h4,6,9,12,14,17H,2-3,5,7-8,10-11H2,1H3;13H,1-2H2,(H,7,8)(H,9,10)(H,11,12)/t14-;/m0./s1. The van der Waals surface area contributed by atoms with Gasteiger partial charge in [0.1, 0.15) is 0 Å². The molecule has 2 heterocycles. The summed E-state index contributed by atoms with van der Waals surface area (Å²) >= 11 is 0. The van der Waals surface area contributed by atoms with Crippen LogP contribution in [0.5, 0.6) is 0 Å². The second kappa shape index (κ2) is 13.4. The van der Waals surface area contributed by atoms with Crippen molar-refractivity contribution in [2.45, 2.75) is 56.6 Å². The highest BCUT2D eigenvalue weighted by Gasteiger charge is 2.40. The molecule has 11 heteroatoms. The number of nitrogens with one attached hydrogen (secondary N) is 1. The van der Waals surface area contributed by atoms with Gasteiger partial charge in [-0.25, -0.2) is 4.79 Å². The van der Waals surface area contributed by atoms with Crippen LogP contribution in [-0.2, 0) is 25.6 Å². The van der Waals surface area contributed by atoms with E-state index in [9.17, 15) is 19.2 Å². The van der Waals surface area contributed by atoms with Gasteiger partial charge in [0, 0.05) is 26.0 Å². The maximum Gasteiger partial charge on any atom is 0.336 e. The van der Waals surface area contributed by atoms with E-state index in [4.69, 9.17) is 20.4 Å². The molecule has 1 amide bonds. The first-order chi connectivity index (χ1) is 15.0. The summed E-state index contributed by atoms with van der Waals surface area (Å²) in [4.78, 5) is 48.6. The average Bonchev–Trinajstić information content (AvgIpc) is 2.73. The van der Waals surface area contributed by atoms with Crippen molar-refractivity contribution in [2.24, 2.45) is 0 Å². The maximum absolute atomic E-state index is 12.2. The molecule has 0 radical (unpaired) electrons. The summed E-state index contributed by atoms with van der Waals surface area (Å²) < 4.78 is 0. The van der Waals surface area contributed by atoms with Crippen LogP contribution in [0.1, 0.15) is 44.1 Å². The van der Waals surface area contributed by atoms with Gasteiger partial charge in [-0.15, -0.1) is 0 Å². The van der Waals surface area contributed by atoms with Crippen molar-refractivity contribution < 1.29 is 39.6 Å². The summed E-state index contributed by atoms with van der Waals surface area (Å²) in [5.41, 5.74) is -1.50. The zero-order valence-corrected chi connectivity index (χ0v) is 18.1. The summed E-state index contributed by atoms with van der Waals surface area (Å²) in [6.07, 6.45) is 6.68. The Hall–Kier alpha value is -3.05. The number of carboxylic acids is 3. The van der Waals surface area contributed by atoms with Gasteiger partial charge in [-0.2, -0.15) is 0 Å². The number of aryl methyl sites for hydroxylation is 1. The molecule has 0 saturated carbocycles. The van der Waals surface area contributed by atoms with E-state index in [1.54, 1.807) is 6.20 Å². The van der Waals surface area contributed by atoms with Gasteiger partial charge >= 0.3 is 17.9 Å². The average molecular weight is 453 g/mol. The third-order valence-electron chi connectivity index (χ3n) is 4.95. The third-order valence-corrected chi connectivity index (χ3v) is 4.95. The van der Waals surface area contributed by atoms with Crippen LogP contribution in [0.4, 0.5) is 0 Å². The lowest BCUT2D eigenvalue weighted by Gasteiger charge is -2.27. The number of carboxylic acid groups (broad SMARTS) is 3. The Bertz CT molecular complexity index is 750. The first-order valence-corrected chi connectivity index (χ1v) is 10.3. The number of piperidine rings is 1. The van der Waals surface area contributed by atoms with Crippen LogP contribution in [-0.4, -0.2) is 85.9 Å². The monoisotopic (exact) mass is 453 g/mol. The second-order valence-electron chi connectivity index (χ2n) is 7.70. The van der Waals surface area contributed by atoms with Crippen molar-refractivity contribution in [1.29, 1.82) is 0 Å². The normalized spacial score (nSPS) is 15.8. The number of likely N-dealkylation sites (N-methyl/N-ethyl adjacent to an activating group) is 1. The molecule has 32 heavy (non-hydrogen) atoms. The number of carbonyl (C=O) groups excluding carboxylic acids is 1. The lowest BCUT2D eigenvalue weighted by Crippen LogP contribution is -2.47. The number of rotatable bonds is 10. The van der Waals surface area contributed by atoms with Gasteiger partial charge in [0.15, 0.2) is 5.60 Å². The van der Waals surface area contributed by atoms with Gasteiger partial charge < -0.3 is 30.6 Å². The second-order valence-corrected chi connectivity index (χ2v) is 7.70. The fraction of sp³-hybridized carbons (Fsp3) is 0.571. The van der Waals surface area contributed by atoms with Crippen LogP contribution in [0.2, 0.25) is 0 Å². The minimum absolute atomic E-state index is 0.0390. The van der Waals surface area contributed by atoms with E-state index in [1.165, 1.54) is 12.0 Å². The number of aliphatic hydroxyl groups is 1. The predicted molar refractivity (Wildman–Crippen MR) is 113 cm³/mol. The largest absolute Gasteiger partial charge is 0.481 e. The van der Waals surface area contributed by atoms with Crippen molar-refractivity contribution in [3.63, 3.8) is 0 Å². The predicted octanol–water partition coefficient (Wildman–Crippen LogP) is 0.366. The van der Waals surface area contributed by atoms with Crippen LogP contribution >= 0.6 is 0 Å². The zero-order valence-electron chi connectivity index (χ0n) is 18.1. The van der Waals surface area contributed by atoms with E-state index in [0.717, 1.165) is 38.8 Å². The van der Waals surface area contributed by atoms with Crippen molar-refractivity contribution in [1.82, 2.24) is 15.2 Å². The van der Waals surface area contributed by atoms with Crippen LogP contribution in [0.3, 0.4) is 0 Å². The quantitative estimate of drug-likeness (QED) is 0.332. The minimum Gasteiger partial charge on any atom is -0.481 e. The van der Waals surface area contributed by atoms with Crippen LogP contribution in [0, 0.1) is 0 Å². The number of amides is 1. The highest BCUT2D eigenvalue weighted by Crippen LogP contribution is 2.15. The van der Waals surface area contributed by atoms with Crippen LogP contribution < -0.4 is 5.32 Å². The van der Waals surface area contributed by atoms with E-state index in [-0.39, 0.29) is 11.9 Å². The number of pyridine rings is 1. The minimum atomic E-state index is -2.74. The fourth-order valence-electron chi connectivity index (χ4n) is 3.22. The smallest absolute Gasteiger partial charge is 0.336 e. The molecule has 0 aliphatic carbocycles. The van der Waals surface area contributed by atoms with E-state index >= 15 is 0 Å². The number of nitrogens with zero attached hydrogens (tertiary/aromatic N) is 2. The zero-order chi connectivity index (χ0) is 24.1. The molecule has 1 aromatic rings. The number of aromatic nitrogens is 1. The van der Waals surface area contributed by atoms with E-state index in [0.29, 0.717) is 0 Å². The van der Waals surface area contributed by atoms with Gasteiger partial charge in [0.05, 0.1) is 18.9 Å². The van der Waals surface area contributed by atoms with E-state index in [2.05, 4.69) is 16.4 Å². The third kappa shape index (κ3) is 9.84. The molecule has 5 N–H and O–H groups in total. The van der Waals surface area contributed by atoms with E-state index < -0.39 is 36.4 Å². The Morgan fingerprint density at radius 3 is 2.28 bits per heavy atom. The lowest BCUT2D eigenvalue weighted by atomic mass is 9.96. The molecule has 1 aliphatic rings. The first-order valence-electron chi connectivity index (χ1n) is 10.3. The number of carbonyl (C=O) groups is 4. The molecule has 1 aliphatic heterocycles. The number of aliphatic carboxylic acids is 3. The van der Waals surface area contributed by atoms with Crippen molar-refractivity contribution >= 4 is 23.8 Å². The molecule has 2 rings (SSSR count). The molecule has 178 valence electrons. The molecular weight excluding hydrogens is 422 g/mol. The van der Waals surface area contributed by atoms with Gasteiger partial charge in [0.2, 0.25) is 5.91 Å². The lowest BCUT2D eigenvalue weighted by molar-refractivity contribution is -0.170. The summed E-state index contributed by atoms with van der Waals surface area (Å²) in [5, 5.41) is 37.1. The van der Waals surface area contributed by atoms with Gasteiger partial charge in [-0.3, -0.25) is 19.4 Å². The highest BCUT2D eigenvalue weighted by atomic mass is 16.4. The molecule has 1 atom stereocenters. The number of hydrogen-bond acceptors (Lipinski definition) is 7. The summed E-state index contributed by atoms with van der Waals surface area (Å²) in [6, 6.07) is 4.07. The highest BCUT2D eigenvalue weighted by molar-refractivity contribution is 5.88. The Balaban J connectivity index is 0.000000347. The first kappa shape index (κ1) is 27.0. The van der Waals surface area contributed by atoms with Gasteiger partial charge in [0.25, 0.3) is 0 Å². The van der Waals surface area contributed by atoms with Crippen LogP contribution in [0.25, 0.3) is 0 Å². The van der Waals surface area contributed by atoms with Crippen molar-refractivity contribution in [2.75, 3.05) is 20.1 Å². The molecule has 1 aromatic heterocycles. The SMILES string of the molecule is CN(CCCc1cccnc1)C(=O)[C@@H]1CCCCN1.O=C(O)CC(O)(CC(=O)O)C(=O)O. The van der Waals surface area contributed by atoms with Crippen molar-refractivity contribution in [3.8, 4) is 0 Å². The fourth-order valence-corrected chi connectivity index (χ4v) is 3.22. The molecule has 11 nitrogen and oxygen atoms in total. The molecule has 0 spiro atoms. The summed E-state index contributed by atoms with van der Waals surface area (Å²) in [7, 11) is 1.90. The molecule has 0 bridgehead atoms. The number of hydrogen-bond donors (Lipinski definition) is 5. The molecular formula is C21H31N3O8. The molecule has 0 unspecified atom stereocenters. The van der Waals surface area contributed by atoms with Crippen molar-refractivity contribution in [3.05, 3.63) is 30.1 Å². The Labute approximate surface area is 186 Å². The van der Waals surface area contributed by atoms with Gasteiger partial charge in [-0.05, 0) is 43.9 Å². The Morgan fingerprint density at radius 1 is 1.16 bits per heavy atom. The Morgan fingerprint density at radius 2 is 1.81 bits per heavy atom.